The van der Waals surface area contributed by atoms with E-state index in [0.717, 1.165) is 36.0 Å². The second-order valence-electron chi connectivity index (χ2n) is 5.42. The fourth-order valence-electron chi connectivity index (χ4n) is 2.22. The van der Waals surface area contributed by atoms with Gasteiger partial charge in [-0.25, -0.2) is 0 Å². The molecule has 22 heavy (non-hydrogen) atoms. The molecule has 1 N–H and O–H groups in total. The van der Waals surface area contributed by atoms with Crippen molar-refractivity contribution in [3.05, 3.63) is 59.1 Å². The molecule has 0 aliphatic heterocycles. The summed E-state index contributed by atoms with van der Waals surface area (Å²) in [6, 6.07) is 16.0. The standard InChI is InChI=1S/C19H24ClNO/c1-2-3-4-5-13-22-19-8-6-7-18(14-19)21-15-16-9-11-17(20)12-10-16/h6-12,14,21H,2-5,13,15H2,1H3. The Hall–Kier alpha value is -1.67. The van der Waals surface area contributed by atoms with Gasteiger partial charge in [0.2, 0.25) is 0 Å². The molecule has 0 aliphatic rings. The van der Waals surface area contributed by atoms with Crippen molar-refractivity contribution >= 4 is 17.3 Å². The van der Waals surface area contributed by atoms with E-state index < -0.39 is 0 Å². The zero-order valence-electron chi connectivity index (χ0n) is 13.1. The van der Waals surface area contributed by atoms with Crippen molar-refractivity contribution in [2.75, 3.05) is 11.9 Å². The third-order valence-electron chi connectivity index (χ3n) is 3.51. The van der Waals surface area contributed by atoms with E-state index in [4.69, 9.17) is 16.3 Å². The number of nitrogens with one attached hydrogen (secondary N) is 1. The molecule has 0 amide bonds. The number of benzene rings is 2. The number of anilines is 1. The van der Waals surface area contributed by atoms with E-state index in [9.17, 15) is 0 Å². The van der Waals surface area contributed by atoms with Gasteiger partial charge < -0.3 is 10.1 Å². The van der Waals surface area contributed by atoms with Crippen LogP contribution in [0.15, 0.2) is 48.5 Å². The minimum Gasteiger partial charge on any atom is -0.494 e. The Bertz CT molecular complexity index is 554. The molecule has 2 nitrogen and oxygen atoms in total. The van der Waals surface area contributed by atoms with E-state index in [1.807, 2.05) is 36.4 Å². The predicted octanol–water partition coefficient (Wildman–Crippen LogP) is 5.91. The molecule has 0 saturated carbocycles. The molecule has 2 aromatic rings. The summed E-state index contributed by atoms with van der Waals surface area (Å²) < 4.78 is 5.80. The first-order valence-corrected chi connectivity index (χ1v) is 8.37. The molecule has 0 unspecified atom stereocenters. The zero-order valence-corrected chi connectivity index (χ0v) is 13.9. The van der Waals surface area contributed by atoms with Crippen molar-refractivity contribution in [2.24, 2.45) is 0 Å². The Morgan fingerprint density at radius 3 is 2.59 bits per heavy atom. The van der Waals surface area contributed by atoms with Gasteiger partial charge in [0, 0.05) is 23.3 Å². The lowest BCUT2D eigenvalue weighted by Gasteiger charge is -2.10. The highest BCUT2D eigenvalue weighted by atomic mass is 35.5. The van der Waals surface area contributed by atoms with Crippen LogP contribution in [0.4, 0.5) is 5.69 Å². The van der Waals surface area contributed by atoms with Crippen LogP contribution in [0, 0.1) is 0 Å². The zero-order chi connectivity index (χ0) is 15.6. The number of ether oxygens (including phenoxy) is 1. The Labute approximate surface area is 138 Å². The molecule has 0 saturated heterocycles. The van der Waals surface area contributed by atoms with E-state index in [1.165, 1.54) is 24.8 Å². The highest BCUT2D eigenvalue weighted by Gasteiger charge is 1.98. The normalized spacial score (nSPS) is 10.5. The fraction of sp³-hybridized carbons (Fsp3) is 0.368. The van der Waals surface area contributed by atoms with Crippen LogP contribution < -0.4 is 10.1 Å². The van der Waals surface area contributed by atoms with Crippen molar-refractivity contribution in [3.8, 4) is 5.75 Å². The van der Waals surface area contributed by atoms with Crippen molar-refractivity contribution < 1.29 is 4.74 Å². The van der Waals surface area contributed by atoms with Crippen molar-refractivity contribution in [2.45, 2.75) is 39.2 Å². The molecule has 0 fully saturated rings. The highest BCUT2D eigenvalue weighted by Crippen LogP contribution is 2.19. The number of halogens is 1. The van der Waals surface area contributed by atoms with Crippen LogP contribution in [0.1, 0.15) is 38.2 Å². The molecule has 0 heterocycles. The van der Waals surface area contributed by atoms with Gasteiger partial charge >= 0.3 is 0 Å². The predicted molar refractivity (Wildman–Crippen MR) is 94.9 cm³/mol. The van der Waals surface area contributed by atoms with E-state index in [1.54, 1.807) is 0 Å². The van der Waals surface area contributed by atoms with Crippen LogP contribution >= 0.6 is 11.6 Å². The number of rotatable bonds is 9. The molecule has 2 rings (SSSR count). The minimum atomic E-state index is 0.766. The van der Waals surface area contributed by atoms with E-state index in [-0.39, 0.29) is 0 Å². The molecule has 2 aromatic carbocycles. The first kappa shape index (κ1) is 16.7. The third kappa shape index (κ3) is 5.98. The smallest absolute Gasteiger partial charge is 0.121 e. The number of hydrogen-bond acceptors (Lipinski definition) is 2. The average Bonchev–Trinajstić information content (AvgIpc) is 2.55. The second kappa shape index (κ2) is 9.37. The molecule has 3 heteroatoms. The monoisotopic (exact) mass is 317 g/mol. The van der Waals surface area contributed by atoms with Gasteiger partial charge in [-0.1, -0.05) is 56.0 Å². The van der Waals surface area contributed by atoms with Crippen LogP contribution in [0.25, 0.3) is 0 Å². The van der Waals surface area contributed by atoms with Crippen LogP contribution in [0.3, 0.4) is 0 Å². The van der Waals surface area contributed by atoms with Gasteiger partial charge in [0.1, 0.15) is 5.75 Å². The number of hydrogen-bond donors (Lipinski definition) is 1. The van der Waals surface area contributed by atoms with Crippen molar-refractivity contribution in [1.29, 1.82) is 0 Å². The molecular formula is C19H24ClNO. The van der Waals surface area contributed by atoms with Crippen LogP contribution in [0.2, 0.25) is 5.02 Å². The van der Waals surface area contributed by atoms with Crippen LogP contribution in [-0.2, 0) is 6.54 Å². The van der Waals surface area contributed by atoms with Gasteiger partial charge in [0.15, 0.2) is 0 Å². The molecule has 0 aliphatic carbocycles. The minimum absolute atomic E-state index is 0.766. The first-order valence-electron chi connectivity index (χ1n) is 7.99. The lowest BCUT2D eigenvalue weighted by atomic mass is 10.2. The van der Waals surface area contributed by atoms with Crippen LogP contribution in [0.5, 0.6) is 5.75 Å². The topological polar surface area (TPSA) is 21.3 Å². The SMILES string of the molecule is CCCCCCOc1cccc(NCc2ccc(Cl)cc2)c1. The largest absolute Gasteiger partial charge is 0.494 e. The third-order valence-corrected chi connectivity index (χ3v) is 3.76. The Kier molecular flexibility index (Phi) is 7.11. The Morgan fingerprint density at radius 1 is 1.00 bits per heavy atom. The van der Waals surface area contributed by atoms with Gasteiger partial charge in [0.25, 0.3) is 0 Å². The quantitative estimate of drug-likeness (QED) is 0.580. The molecule has 0 atom stereocenters. The molecule has 0 aromatic heterocycles. The molecule has 0 spiro atoms. The summed E-state index contributed by atoms with van der Waals surface area (Å²) in [5, 5.41) is 4.17. The van der Waals surface area contributed by atoms with Crippen molar-refractivity contribution in [3.63, 3.8) is 0 Å². The highest BCUT2D eigenvalue weighted by molar-refractivity contribution is 6.30. The molecule has 0 bridgehead atoms. The summed E-state index contributed by atoms with van der Waals surface area (Å²) >= 11 is 5.89. The summed E-state index contributed by atoms with van der Waals surface area (Å²) in [6.07, 6.45) is 4.90. The maximum atomic E-state index is 5.89. The maximum Gasteiger partial charge on any atom is 0.121 e. The summed E-state index contributed by atoms with van der Waals surface area (Å²) in [7, 11) is 0. The van der Waals surface area contributed by atoms with E-state index in [2.05, 4.69) is 24.4 Å². The summed E-state index contributed by atoms with van der Waals surface area (Å²) in [6.45, 7) is 3.79. The van der Waals surface area contributed by atoms with Gasteiger partial charge in [-0.15, -0.1) is 0 Å². The van der Waals surface area contributed by atoms with Crippen molar-refractivity contribution in [1.82, 2.24) is 0 Å². The first-order chi connectivity index (χ1) is 10.8. The van der Waals surface area contributed by atoms with Gasteiger partial charge in [-0.2, -0.15) is 0 Å². The Morgan fingerprint density at radius 2 is 1.82 bits per heavy atom. The summed E-state index contributed by atoms with van der Waals surface area (Å²) in [5.74, 6) is 0.928. The van der Waals surface area contributed by atoms with Crippen LogP contribution in [-0.4, -0.2) is 6.61 Å². The second-order valence-corrected chi connectivity index (χ2v) is 5.85. The number of unbranched alkanes of at least 4 members (excludes halogenated alkanes) is 3. The van der Waals surface area contributed by atoms with Gasteiger partial charge in [-0.05, 0) is 36.2 Å². The maximum absolute atomic E-state index is 5.89. The van der Waals surface area contributed by atoms with E-state index in [0.29, 0.717) is 0 Å². The molecular weight excluding hydrogens is 294 g/mol. The fourth-order valence-corrected chi connectivity index (χ4v) is 2.35. The average molecular weight is 318 g/mol. The lowest BCUT2D eigenvalue weighted by Crippen LogP contribution is -2.01. The van der Waals surface area contributed by atoms with Gasteiger partial charge in [0.05, 0.1) is 6.61 Å². The Balaban J connectivity index is 1.79. The van der Waals surface area contributed by atoms with E-state index >= 15 is 0 Å². The lowest BCUT2D eigenvalue weighted by molar-refractivity contribution is 0.305. The van der Waals surface area contributed by atoms with Gasteiger partial charge in [-0.3, -0.25) is 0 Å². The summed E-state index contributed by atoms with van der Waals surface area (Å²) in [4.78, 5) is 0. The molecule has 0 radical (unpaired) electrons. The molecule has 118 valence electrons. The summed E-state index contributed by atoms with van der Waals surface area (Å²) in [5.41, 5.74) is 2.27.